The van der Waals surface area contributed by atoms with E-state index in [4.69, 9.17) is 4.74 Å². The van der Waals surface area contributed by atoms with E-state index in [9.17, 15) is 9.59 Å². The minimum atomic E-state index is -0.123. The molecule has 1 saturated heterocycles. The first-order chi connectivity index (χ1) is 12.9. The van der Waals surface area contributed by atoms with Gasteiger partial charge in [-0.15, -0.1) is 0 Å². The monoisotopic (exact) mass is 370 g/mol. The molecule has 0 bridgehead atoms. The number of hydrogen-bond donors (Lipinski definition) is 1. The second kappa shape index (κ2) is 8.35. The molecule has 0 atom stereocenters. The summed E-state index contributed by atoms with van der Waals surface area (Å²) in [5.74, 6) is -0.152. The Labute approximate surface area is 159 Å². The first-order valence-corrected chi connectivity index (χ1v) is 9.20. The summed E-state index contributed by atoms with van der Waals surface area (Å²) in [6.07, 6.45) is 2.94. The molecule has 1 N–H and O–H groups in total. The van der Waals surface area contributed by atoms with Gasteiger partial charge < -0.3 is 15.0 Å². The van der Waals surface area contributed by atoms with Crippen LogP contribution in [0.25, 0.3) is 0 Å². The highest BCUT2D eigenvalue weighted by Gasteiger charge is 2.19. The van der Waals surface area contributed by atoms with E-state index >= 15 is 0 Å². The van der Waals surface area contributed by atoms with Crippen LogP contribution < -0.4 is 5.32 Å². The number of aryl methyl sites for hydroxylation is 3. The average molecular weight is 370 g/mol. The van der Waals surface area contributed by atoms with Gasteiger partial charge >= 0.3 is 0 Å². The van der Waals surface area contributed by atoms with Crippen molar-refractivity contribution in [3.05, 3.63) is 46.8 Å². The van der Waals surface area contributed by atoms with Crippen molar-refractivity contribution in [3.63, 3.8) is 0 Å². The van der Waals surface area contributed by atoms with Crippen LogP contribution in [0.1, 0.15) is 33.6 Å². The fourth-order valence-electron chi connectivity index (χ4n) is 3.21. The molecule has 0 spiro atoms. The summed E-state index contributed by atoms with van der Waals surface area (Å²) in [5.41, 5.74) is 3.90. The number of anilines is 1. The van der Waals surface area contributed by atoms with Crippen LogP contribution in [0.4, 0.5) is 5.69 Å². The summed E-state index contributed by atoms with van der Waals surface area (Å²) in [5, 5.41) is 7.20. The van der Waals surface area contributed by atoms with Gasteiger partial charge in [0.15, 0.2) is 0 Å². The highest BCUT2D eigenvalue weighted by Crippen LogP contribution is 2.19. The molecule has 0 radical (unpaired) electrons. The number of carbonyl (C=O) groups is 2. The van der Waals surface area contributed by atoms with Crippen LogP contribution in [0, 0.1) is 13.8 Å². The van der Waals surface area contributed by atoms with Crippen LogP contribution in [0.5, 0.6) is 0 Å². The van der Waals surface area contributed by atoms with Crippen LogP contribution in [-0.4, -0.2) is 52.8 Å². The molecular formula is C20H26N4O3. The quantitative estimate of drug-likeness (QED) is 0.894. The summed E-state index contributed by atoms with van der Waals surface area (Å²) in [4.78, 5) is 27.1. The summed E-state index contributed by atoms with van der Waals surface area (Å²) in [6, 6.07) is 5.44. The Hall–Kier alpha value is -2.67. The molecule has 1 aliphatic heterocycles. The van der Waals surface area contributed by atoms with Crippen molar-refractivity contribution in [2.45, 2.75) is 26.7 Å². The molecule has 144 valence electrons. The number of carbonyl (C=O) groups excluding carboxylic acids is 2. The van der Waals surface area contributed by atoms with E-state index in [1.165, 1.54) is 0 Å². The zero-order valence-electron chi connectivity index (χ0n) is 16.1. The second-order valence-corrected chi connectivity index (χ2v) is 6.93. The lowest BCUT2D eigenvalue weighted by atomic mass is 10.1. The Bertz CT molecular complexity index is 836. The van der Waals surface area contributed by atoms with E-state index in [0.29, 0.717) is 37.6 Å². The lowest BCUT2D eigenvalue weighted by molar-refractivity contribution is -0.115. The molecule has 0 saturated carbocycles. The number of nitrogens with zero attached hydrogens (tertiary/aromatic N) is 3. The van der Waals surface area contributed by atoms with Crippen molar-refractivity contribution in [1.82, 2.24) is 14.7 Å². The second-order valence-electron chi connectivity index (χ2n) is 6.93. The van der Waals surface area contributed by atoms with Crippen LogP contribution in [0.3, 0.4) is 0 Å². The number of hydrogen-bond acceptors (Lipinski definition) is 4. The van der Waals surface area contributed by atoms with Crippen molar-refractivity contribution in [2.24, 2.45) is 7.05 Å². The molecule has 27 heavy (non-hydrogen) atoms. The van der Waals surface area contributed by atoms with E-state index in [-0.39, 0.29) is 18.2 Å². The van der Waals surface area contributed by atoms with Gasteiger partial charge in [-0.3, -0.25) is 14.3 Å². The minimum absolute atomic E-state index is 0.0286. The van der Waals surface area contributed by atoms with Gasteiger partial charge in [0.1, 0.15) is 0 Å². The molecule has 0 unspecified atom stereocenters. The predicted octanol–water partition coefficient (Wildman–Crippen LogP) is 2.08. The summed E-state index contributed by atoms with van der Waals surface area (Å²) in [6.45, 7) is 6.33. The zero-order chi connectivity index (χ0) is 19.4. The third-order valence-corrected chi connectivity index (χ3v) is 4.73. The number of ether oxygens (including phenoxy) is 1. The Morgan fingerprint density at radius 3 is 2.78 bits per heavy atom. The van der Waals surface area contributed by atoms with E-state index < -0.39 is 0 Å². The number of benzene rings is 1. The molecule has 2 aromatic rings. The molecule has 1 fully saturated rings. The predicted molar refractivity (Wildman–Crippen MR) is 103 cm³/mol. The Morgan fingerprint density at radius 1 is 1.22 bits per heavy atom. The molecule has 3 rings (SSSR count). The maximum Gasteiger partial charge on any atom is 0.254 e. The smallest absolute Gasteiger partial charge is 0.254 e. The molecule has 7 nitrogen and oxygen atoms in total. The van der Waals surface area contributed by atoms with Crippen LogP contribution in [0.2, 0.25) is 0 Å². The van der Waals surface area contributed by atoms with Gasteiger partial charge in [0.05, 0.1) is 18.7 Å². The van der Waals surface area contributed by atoms with Gasteiger partial charge in [-0.2, -0.15) is 5.10 Å². The lowest BCUT2D eigenvalue weighted by Crippen LogP contribution is -2.33. The minimum Gasteiger partial charge on any atom is -0.380 e. The first-order valence-electron chi connectivity index (χ1n) is 9.20. The Balaban J connectivity index is 1.71. The van der Waals surface area contributed by atoms with Gasteiger partial charge in [0, 0.05) is 49.8 Å². The average Bonchev–Trinajstić information content (AvgIpc) is 2.82. The van der Waals surface area contributed by atoms with E-state index in [0.717, 1.165) is 23.2 Å². The first kappa shape index (κ1) is 19.1. The van der Waals surface area contributed by atoms with Crippen molar-refractivity contribution in [3.8, 4) is 0 Å². The molecule has 1 aromatic heterocycles. The zero-order valence-corrected chi connectivity index (χ0v) is 16.1. The van der Waals surface area contributed by atoms with Gasteiger partial charge in [-0.05, 0) is 38.0 Å². The summed E-state index contributed by atoms with van der Waals surface area (Å²) < 4.78 is 7.12. The molecule has 0 aliphatic carbocycles. The maximum atomic E-state index is 12.8. The van der Waals surface area contributed by atoms with Crippen molar-refractivity contribution in [2.75, 3.05) is 31.6 Å². The number of amides is 2. The third-order valence-electron chi connectivity index (χ3n) is 4.73. The summed E-state index contributed by atoms with van der Waals surface area (Å²) >= 11 is 0. The highest BCUT2D eigenvalue weighted by molar-refractivity contribution is 5.98. The van der Waals surface area contributed by atoms with Crippen LogP contribution >= 0.6 is 0 Å². The molecule has 7 heteroatoms. The van der Waals surface area contributed by atoms with Crippen molar-refractivity contribution in [1.29, 1.82) is 0 Å². The van der Waals surface area contributed by atoms with Gasteiger partial charge in [0.25, 0.3) is 5.91 Å². The SMILES string of the molecule is Cc1ccc(C(=O)N2CCCOCC2)cc1NC(=O)Cc1cn(C)nc1C. The van der Waals surface area contributed by atoms with E-state index in [1.54, 1.807) is 10.7 Å². The standard InChI is InChI=1S/C20H26N4O3/c1-14-5-6-16(20(26)24-7-4-9-27-10-8-24)11-18(14)21-19(25)12-17-13-23(3)22-15(17)2/h5-6,11,13H,4,7-10,12H2,1-3H3,(H,21,25). The molecule has 2 amide bonds. The van der Waals surface area contributed by atoms with Crippen molar-refractivity contribution >= 4 is 17.5 Å². The topological polar surface area (TPSA) is 76.5 Å². The molecule has 1 aliphatic rings. The summed E-state index contributed by atoms with van der Waals surface area (Å²) in [7, 11) is 1.83. The van der Waals surface area contributed by atoms with Gasteiger partial charge in [-0.1, -0.05) is 6.07 Å². The Kier molecular flexibility index (Phi) is 5.91. The fourth-order valence-corrected chi connectivity index (χ4v) is 3.21. The Morgan fingerprint density at radius 2 is 2.04 bits per heavy atom. The van der Waals surface area contributed by atoms with Crippen LogP contribution in [-0.2, 0) is 23.0 Å². The maximum absolute atomic E-state index is 12.8. The van der Waals surface area contributed by atoms with Gasteiger partial charge in [-0.25, -0.2) is 0 Å². The number of rotatable bonds is 4. The van der Waals surface area contributed by atoms with Crippen molar-refractivity contribution < 1.29 is 14.3 Å². The third kappa shape index (κ3) is 4.74. The number of nitrogens with one attached hydrogen (secondary N) is 1. The van der Waals surface area contributed by atoms with Gasteiger partial charge in [0.2, 0.25) is 5.91 Å². The highest BCUT2D eigenvalue weighted by atomic mass is 16.5. The largest absolute Gasteiger partial charge is 0.380 e. The molecular weight excluding hydrogens is 344 g/mol. The molecule has 2 heterocycles. The number of aromatic nitrogens is 2. The fraction of sp³-hybridized carbons (Fsp3) is 0.450. The lowest BCUT2D eigenvalue weighted by Gasteiger charge is -2.20. The van der Waals surface area contributed by atoms with E-state index in [2.05, 4.69) is 10.4 Å². The molecule has 1 aromatic carbocycles. The van der Waals surface area contributed by atoms with E-state index in [1.807, 2.05) is 44.1 Å². The normalized spacial score (nSPS) is 14.7. The van der Waals surface area contributed by atoms with Crippen LogP contribution in [0.15, 0.2) is 24.4 Å².